The Morgan fingerprint density at radius 3 is 2.86 bits per heavy atom. The lowest BCUT2D eigenvalue weighted by molar-refractivity contribution is 0.509. The Hall–Kier alpha value is -0.610. The van der Waals surface area contributed by atoms with Crippen LogP contribution in [0.1, 0.15) is 55.9 Å². The van der Waals surface area contributed by atoms with Crippen LogP contribution in [-0.4, -0.2) is 15.2 Å². The molecule has 4 rings (SSSR count). The maximum Gasteiger partial charge on any atom is 0.128 e. The average Bonchev–Trinajstić information content (AvgIpc) is 2.86. The van der Waals surface area contributed by atoms with Crippen LogP contribution in [0.4, 0.5) is 0 Å². The number of rotatable bonds is 2. The van der Waals surface area contributed by atoms with Crippen molar-refractivity contribution in [3.63, 3.8) is 0 Å². The first-order chi connectivity index (χ1) is 10.3. The van der Waals surface area contributed by atoms with E-state index in [0.717, 1.165) is 11.2 Å². The molecule has 2 aromatic heterocycles. The van der Waals surface area contributed by atoms with Gasteiger partial charge in [-0.3, -0.25) is 0 Å². The van der Waals surface area contributed by atoms with Gasteiger partial charge in [-0.15, -0.1) is 23.1 Å². The van der Waals surface area contributed by atoms with Crippen LogP contribution in [0.3, 0.4) is 0 Å². The molecule has 0 amide bonds. The van der Waals surface area contributed by atoms with Crippen LogP contribution in [0, 0.1) is 5.92 Å². The van der Waals surface area contributed by atoms with Gasteiger partial charge in [-0.05, 0) is 43.6 Å². The summed E-state index contributed by atoms with van der Waals surface area (Å²) in [4.78, 5) is 12.0. The Bertz CT molecular complexity index is 644. The third-order valence-electron chi connectivity index (χ3n) is 4.89. The zero-order valence-corrected chi connectivity index (χ0v) is 14.2. The van der Waals surface area contributed by atoms with Crippen molar-refractivity contribution in [3.05, 3.63) is 16.8 Å². The quantitative estimate of drug-likeness (QED) is 0.708. The number of fused-ring (bicyclic) bond motifs is 3. The van der Waals surface area contributed by atoms with E-state index < -0.39 is 0 Å². The summed E-state index contributed by atoms with van der Waals surface area (Å²) in [6.07, 6.45) is 12.5. The second kappa shape index (κ2) is 5.88. The molecule has 0 N–H and O–H groups in total. The summed E-state index contributed by atoms with van der Waals surface area (Å²) in [6, 6.07) is 0. The summed E-state index contributed by atoms with van der Waals surface area (Å²) in [7, 11) is 0. The van der Waals surface area contributed by atoms with Crippen molar-refractivity contribution in [2.75, 3.05) is 0 Å². The highest BCUT2D eigenvalue weighted by Crippen LogP contribution is 2.42. The molecule has 2 aromatic rings. The zero-order chi connectivity index (χ0) is 14.2. The smallest absolute Gasteiger partial charge is 0.128 e. The van der Waals surface area contributed by atoms with Crippen molar-refractivity contribution in [2.24, 2.45) is 5.92 Å². The van der Waals surface area contributed by atoms with Gasteiger partial charge in [0, 0.05) is 15.5 Å². The van der Waals surface area contributed by atoms with Crippen molar-refractivity contribution in [1.29, 1.82) is 0 Å². The molecule has 2 heterocycles. The molecule has 2 nitrogen and oxygen atoms in total. The normalized spacial score (nSPS) is 23.4. The molecule has 1 atom stereocenters. The third kappa shape index (κ3) is 2.72. The number of nitrogens with zero attached hydrogens (tertiary/aromatic N) is 2. The van der Waals surface area contributed by atoms with E-state index in [2.05, 4.69) is 16.9 Å². The third-order valence-corrected chi connectivity index (χ3v) is 7.39. The van der Waals surface area contributed by atoms with Gasteiger partial charge >= 0.3 is 0 Å². The molecular weight excluding hydrogens is 296 g/mol. The van der Waals surface area contributed by atoms with Gasteiger partial charge in [-0.25, -0.2) is 9.97 Å². The van der Waals surface area contributed by atoms with Crippen molar-refractivity contribution in [1.82, 2.24) is 9.97 Å². The van der Waals surface area contributed by atoms with Crippen LogP contribution >= 0.6 is 23.1 Å². The summed E-state index contributed by atoms with van der Waals surface area (Å²) in [6.45, 7) is 2.37. The molecular formula is C17H22N2S2. The lowest BCUT2D eigenvalue weighted by Gasteiger charge is -2.21. The molecule has 4 heteroatoms. The van der Waals surface area contributed by atoms with E-state index >= 15 is 0 Å². The van der Waals surface area contributed by atoms with Gasteiger partial charge in [0.15, 0.2) is 0 Å². The van der Waals surface area contributed by atoms with E-state index in [0.29, 0.717) is 0 Å². The molecule has 0 bridgehead atoms. The zero-order valence-electron chi connectivity index (χ0n) is 12.6. The predicted molar refractivity (Wildman–Crippen MR) is 91.3 cm³/mol. The predicted octanol–water partition coefficient (Wildman–Crippen LogP) is 5.24. The van der Waals surface area contributed by atoms with Crippen LogP contribution in [0.5, 0.6) is 0 Å². The molecule has 1 saturated carbocycles. The van der Waals surface area contributed by atoms with Crippen LogP contribution in [0.2, 0.25) is 0 Å². The minimum Gasteiger partial charge on any atom is -0.229 e. The SMILES string of the molecule is CC1CCc2c(sc3ncnc(SC4CCCCC4)c23)C1. The second-order valence-corrected chi connectivity index (χ2v) is 8.96. The van der Waals surface area contributed by atoms with Crippen LogP contribution in [-0.2, 0) is 12.8 Å². The molecule has 2 aliphatic carbocycles. The van der Waals surface area contributed by atoms with Crippen molar-refractivity contribution in [3.8, 4) is 0 Å². The lowest BCUT2D eigenvalue weighted by Crippen LogP contribution is -2.10. The highest BCUT2D eigenvalue weighted by Gasteiger charge is 2.24. The second-order valence-electron chi connectivity index (χ2n) is 6.59. The van der Waals surface area contributed by atoms with E-state index in [-0.39, 0.29) is 0 Å². The first-order valence-corrected chi connectivity index (χ1v) is 9.93. The van der Waals surface area contributed by atoms with Gasteiger partial charge in [0.2, 0.25) is 0 Å². The summed E-state index contributed by atoms with van der Waals surface area (Å²) in [5.74, 6) is 0.827. The van der Waals surface area contributed by atoms with E-state index in [9.17, 15) is 0 Å². The Kier molecular flexibility index (Phi) is 3.92. The molecule has 0 saturated heterocycles. The number of aryl methyl sites for hydroxylation is 1. The van der Waals surface area contributed by atoms with Crippen LogP contribution in [0.15, 0.2) is 11.4 Å². The van der Waals surface area contributed by atoms with Gasteiger partial charge < -0.3 is 0 Å². The molecule has 1 unspecified atom stereocenters. The number of hydrogen-bond acceptors (Lipinski definition) is 4. The van der Waals surface area contributed by atoms with Crippen molar-refractivity contribution in [2.45, 2.75) is 68.6 Å². The lowest BCUT2D eigenvalue weighted by atomic mass is 9.89. The Balaban J connectivity index is 1.71. The highest BCUT2D eigenvalue weighted by molar-refractivity contribution is 8.00. The maximum absolute atomic E-state index is 4.66. The Labute approximate surface area is 134 Å². The topological polar surface area (TPSA) is 25.8 Å². The largest absolute Gasteiger partial charge is 0.229 e. The van der Waals surface area contributed by atoms with Gasteiger partial charge in [0.1, 0.15) is 16.2 Å². The van der Waals surface area contributed by atoms with E-state index in [4.69, 9.17) is 0 Å². The number of thioether (sulfide) groups is 1. The highest BCUT2D eigenvalue weighted by atomic mass is 32.2. The molecule has 0 spiro atoms. The molecule has 0 aromatic carbocycles. The summed E-state index contributed by atoms with van der Waals surface area (Å²) in [5, 5.41) is 3.44. The minimum absolute atomic E-state index is 0.773. The number of aromatic nitrogens is 2. The van der Waals surface area contributed by atoms with Crippen molar-refractivity contribution >= 4 is 33.3 Å². The average molecular weight is 319 g/mol. The van der Waals surface area contributed by atoms with Crippen LogP contribution < -0.4 is 0 Å². The fourth-order valence-corrected chi connectivity index (χ4v) is 6.42. The molecule has 0 radical (unpaired) electrons. The molecule has 112 valence electrons. The van der Waals surface area contributed by atoms with Crippen LogP contribution in [0.25, 0.3) is 10.2 Å². The van der Waals surface area contributed by atoms with E-state index in [1.165, 1.54) is 66.6 Å². The first-order valence-electron chi connectivity index (χ1n) is 8.23. The fraction of sp³-hybridized carbons (Fsp3) is 0.647. The van der Waals surface area contributed by atoms with Gasteiger partial charge in [-0.2, -0.15) is 0 Å². The molecule has 21 heavy (non-hydrogen) atoms. The standard InChI is InChI=1S/C17H22N2S2/c1-11-7-8-13-14(9-11)21-17-15(13)16(18-10-19-17)20-12-5-3-2-4-6-12/h10-12H,2-9H2,1H3. The number of thiophene rings is 1. The Morgan fingerprint density at radius 1 is 1.14 bits per heavy atom. The fourth-order valence-electron chi connectivity index (χ4n) is 3.68. The monoisotopic (exact) mass is 318 g/mol. The van der Waals surface area contributed by atoms with Crippen molar-refractivity contribution < 1.29 is 0 Å². The van der Waals surface area contributed by atoms with E-state index in [1.807, 2.05) is 23.1 Å². The molecule has 0 aliphatic heterocycles. The molecule has 2 aliphatic rings. The van der Waals surface area contributed by atoms with Gasteiger partial charge in [0.05, 0.1) is 0 Å². The maximum atomic E-state index is 4.66. The minimum atomic E-state index is 0.773. The summed E-state index contributed by atoms with van der Waals surface area (Å²) < 4.78 is 0. The van der Waals surface area contributed by atoms with Gasteiger partial charge in [-0.1, -0.05) is 26.2 Å². The molecule has 1 fully saturated rings. The van der Waals surface area contributed by atoms with Gasteiger partial charge in [0.25, 0.3) is 0 Å². The van der Waals surface area contributed by atoms with E-state index in [1.54, 1.807) is 16.8 Å². The first kappa shape index (κ1) is 14.0. The Morgan fingerprint density at radius 2 is 2.00 bits per heavy atom. The summed E-state index contributed by atoms with van der Waals surface area (Å²) in [5.41, 5.74) is 1.58. The number of hydrogen-bond donors (Lipinski definition) is 0. The summed E-state index contributed by atoms with van der Waals surface area (Å²) >= 11 is 3.94.